The summed E-state index contributed by atoms with van der Waals surface area (Å²) in [6.07, 6.45) is 3.03. The maximum atomic E-state index is 13.0. The normalized spacial score (nSPS) is 15.3. The molecule has 2 aromatic rings. The minimum atomic E-state index is -3.72. The molecule has 1 aliphatic carbocycles. The van der Waals surface area contributed by atoms with Gasteiger partial charge in [0.2, 0.25) is 10.0 Å². The molecule has 162 valence electrons. The maximum absolute atomic E-state index is 13.0. The highest BCUT2D eigenvalue weighted by molar-refractivity contribution is 7.89. The fourth-order valence-electron chi connectivity index (χ4n) is 3.36. The molecule has 0 saturated heterocycles. The quantitative estimate of drug-likeness (QED) is 0.548. The third-order valence-electron chi connectivity index (χ3n) is 5.14. The van der Waals surface area contributed by atoms with Crippen molar-refractivity contribution >= 4 is 39.2 Å². The summed E-state index contributed by atoms with van der Waals surface area (Å²) >= 11 is 12.2. The van der Waals surface area contributed by atoms with Gasteiger partial charge in [0.1, 0.15) is 5.75 Å². The summed E-state index contributed by atoms with van der Waals surface area (Å²) in [6.45, 7) is 0.155. The number of rotatable bonds is 9. The second kappa shape index (κ2) is 9.56. The number of hydrogen-bond donors (Lipinski definition) is 1. The molecule has 0 radical (unpaired) electrons. The first-order valence-corrected chi connectivity index (χ1v) is 11.7. The van der Waals surface area contributed by atoms with Crippen LogP contribution in [0.4, 0.5) is 0 Å². The Bertz CT molecular complexity index is 1000. The van der Waals surface area contributed by atoms with Gasteiger partial charge in [0.05, 0.1) is 25.0 Å². The van der Waals surface area contributed by atoms with E-state index in [9.17, 15) is 13.2 Å². The van der Waals surface area contributed by atoms with Crippen LogP contribution in [0.3, 0.4) is 0 Å². The van der Waals surface area contributed by atoms with Crippen LogP contribution in [-0.2, 0) is 26.0 Å². The van der Waals surface area contributed by atoms with Crippen molar-refractivity contribution in [3.63, 3.8) is 0 Å². The molecule has 3 rings (SSSR count). The van der Waals surface area contributed by atoms with Gasteiger partial charge in [0.25, 0.3) is 0 Å². The molecule has 2 aromatic carbocycles. The Hall–Kier alpha value is -1.80. The number of carbonyl (C=O) groups excluding carboxylic acids is 1. The summed E-state index contributed by atoms with van der Waals surface area (Å²) in [5.41, 5.74) is 0.296. The van der Waals surface area contributed by atoms with Gasteiger partial charge in [-0.3, -0.25) is 4.79 Å². The Morgan fingerprint density at radius 3 is 2.40 bits per heavy atom. The summed E-state index contributed by atoms with van der Waals surface area (Å²) in [4.78, 5) is 11.3. The molecule has 0 amide bonds. The number of hydrogen-bond acceptors (Lipinski definition) is 5. The second-order valence-electron chi connectivity index (χ2n) is 7.30. The molecule has 6 nitrogen and oxygen atoms in total. The van der Waals surface area contributed by atoms with E-state index >= 15 is 0 Å². The zero-order valence-corrected chi connectivity index (χ0v) is 18.8. The molecule has 1 fully saturated rings. The first-order chi connectivity index (χ1) is 14.2. The lowest BCUT2D eigenvalue weighted by atomic mass is 9.74. The van der Waals surface area contributed by atoms with Gasteiger partial charge in [-0.2, -0.15) is 0 Å². The average molecular weight is 472 g/mol. The molecule has 30 heavy (non-hydrogen) atoms. The molecule has 0 unspecified atom stereocenters. The van der Waals surface area contributed by atoms with Crippen molar-refractivity contribution in [3.8, 4) is 5.75 Å². The smallest absolute Gasteiger partial charge is 0.308 e. The summed E-state index contributed by atoms with van der Waals surface area (Å²) in [5, 5.41) is 1.07. The van der Waals surface area contributed by atoms with E-state index in [4.69, 9.17) is 27.9 Å². The van der Waals surface area contributed by atoms with Crippen molar-refractivity contribution in [3.05, 3.63) is 58.1 Å². The van der Waals surface area contributed by atoms with Crippen LogP contribution in [0.1, 0.15) is 31.2 Å². The number of esters is 1. The van der Waals surface area contributed by atoms with Crippen molar-refractivity contribution in [1.29, 1.82) is 0 Å². The molecule has 9 heteroatoms. The number of sulfonamides is 1. The van der Waals surface area contributed by atoms with Crippen LogP contribution in [0.15, 0.2) is 47.4 Å². The van der Waals surface area contributed by atoms with Crippen LogP contribution in [-0.4, -0.2) is 33.6 Å². The van der Waals surface area contributed by atoms with Gasteiger partial charge in [-0.1, -0.05) is 29.3 Å². The van der Waals surface area contributed by atoms with Crippen molar-refractivity contribution < 1.29 is 22.7 Å². The van der Waals surface area contributed by atoms with Crippen LogP contribution >= 0.6 is 23.2 Å². The van der Waals surface area contributed by atoms with Crippen molar-refractivity contribution in [2.75, 3.05) is 13.7 Å². The van der Waals surface area contributed by atoms with Gasteiger partial charge >= 0.3 is 5.97 Å². The Morgan fingerprint density at radius 2 is 1.83 bits per heavy atom. The molecule has 0 spiro atoms. The van der Waals surface area contributed by atoms with E-state index in [1.807, 2.05) is 6.07 Å². The van der Waals surface area contributed by atoms with Crippen molar-refractivity contribution in [2.45, 2.75) is 42.5 Å². The van der Waals surface area contributed by atoms with Crippen LogP contribution in [0, 0.1) is 0 Å². The van der Waals surface area contributed by atoms with E-state index in [1.165, 1.54) is 19.2 Å². The molecule has 0 atom stereocenters. The predicted octanol–water partition coefficient (Wildman–Crippen LogP) is 4.38. The molecular weight excluding hydrogens is 449 g/mol. The highest BCUT2D eigenvalue weighted by Crippen LogP contribution is 2.38. The predicted molar refractivity (Wildman–Crippen MR) is 116 cm³/mol. The molecule has 0 bridgehead atoms. The first-order valence-electron chi connectivity index (χ1n) is 9.51. The number of halogens is 2. The van der Waals surface area contributed by atoms with Gasteiger partial charge in [-0.05, 0) is 67.6 Å². The van der Waals surface area contributed by atoms with Crippen LogP contribution in [0.25, 0.3) is 0 Å². The van der Waals surface area contributed by atoms with Gasteiger partial charge < -0.3 is 9.47 Å². The lowest BCUT2D eigenvalue weighted by Crippen LogP contribution is -2.54. The third kappa shape index (κ3) is 5.66. The van der Waals surface area contributed by atoms with E-state index < -0.39 is 15.6 Å². The monoisotopic (exact) mass is 471 g/mol. The second-order valence-corrected chi connectivity index (χ2v) is 9.82. The van der Waals surface area contributed by atoms with E-state index in [1.54, 1.807) is 24.3 Å². The highest BCUT2D eigenvalue weighted by Gasteiger charge is 2.41. The standard InChI is InChI=1S/C21H23Cl2NO5S/c1-28-20(25)9-12-29-17-5-7-18(8-6-17)30(26,27)24-21(10-2-11-21)14-15-3-4-16(22)13-19(15)23/h3-8,13,24H,2,9-12,14H2,1H3. The number of benzene rings is 2. The topological polar surface area (TPSA) is 81.7 Å². The minimum absolute atomic E-state index is 0.119. The van der Waals surface area contributed by atoms with Crippen molar-refractivity contribution in [2.24, 2.45) is 0 Å². The Morgan fingerprint density at radius 1 is 1.13 bits per heavy atom. The summed E-state index contributed by atoms with van der Waals surface area (Å²) in [6, 6.07) is 11.3. The fraction of sp³-hybridized carbons (Fsp3) is 0.381. The molecule has 0 aromatic heterocycles. The fourth-order valence-corrected chi connectivity index (χ4v) is 5.30. The molecule has 1 aliphatic rings. The largest absolute Gasteiger partial charge is 0.493 e. The number of nitrogens with one attached hydrogen (secondary N) is 1. The van der Waals surface area contributed by atoms with E-state index in [2.05, 4.69) is 9.46 Å². The van der Waals surface area contributed by atoms with Crippen LogP contribution in [0.2, 0.25) is 10.0 Å². The van der Waals surface area contributed by atoms with Gasteiger partial charge in [0.15, 0.2) is 0 Å². The van der Waals surface area contributed by atoms with E-state index in [0.717, 1.165) is 24.8 Å². The Balaban J connectivity index is 1.67. The Kier molecular flexibility index (Phi) is 7.29. The lowest BCUT2D eigenvalue weighted by Gasteiger charge is -2.42. The molecular formula is C21H23Cl2NO5S. The minimum Gasteiger partial charge on any atom is -0.493 e. The molecule has 0 heterocycles. The van der Waals surface area contributed by atoms with Crippen LogP contribution in [0.5, 0.6) is 5.75 Å². The van der Waals surface area contributed by atoms with Gasteiger partial charge in [-0.25, -0.2) is 13.1 Å². The molecule has 1 N–H and O–H groups in total. The van der Waals surface area contributed by atoms with Crippen molar-refractivity contribution in [1.82, 2.24) is 4.72 Å². The number of methoxy groups -OCH3 is 1. The lowest BCUT2D eigenvalue weighted by molar-refractivity contribution is -0.141. The highest BCUT2D eigenvalue weighted by atomic mass is 35.5. The summed E-state index contributed by atoms with van der Waals surface area (Å²) in [7, 11) is -2.41. The van der Waals surface area contributed by atoms with E-state index in [-0.39, 0.29) is 23.9 Å². The zero-order chi connectivity index (χ0) is 21.8. The van der Waals surface area contributed by atoms with Gasteiger partial charge in [-0.15, -0.1) is 0 Å². The van der Waals surface area contributed by atoms with Crippen LogP contribution < -0.4 is 9.46 Å². The summed E-state index contributed by atoms with van der Waals surface area (Å²) in [5.74, 6) is 0.106. The number of carbonyl (C=O) groups is 1. The summed E-state index contributed by atoms with van der Waals surface area (Å²) < 4.78 is 38.8. The van der Waals surface area contributed by atoms with E-state index in [0.29, 0.717) is 22.2 Å². The molecule has 0 aliphatic heterocycles. The SMILES string of the molecule is COC(=O)CCOc1ccc(S(=O)(=O)NC2(Cc3ccc(Cl)cc3Cl)CCC2)cc1. The molecule has 1 saturated carbocycles. The average Bonchev–Trinajstić information content (AvgIpc) is 2.68. The third-order valence-corrected chi connectivity index (χ3v) is 7.32. The maximum Gasteiger partial charge on any atom is 0.308 e. The Labute approximate surface area is 186 Å². The first kappa shape index (κ1) is 22.9. The van der Waals surface area contributed by atoms with Gasteiger partial charge in [0, 0.05) is 15.6 Å². The zero-order valence-electron chi connectivity index (χ0n) is 16.5. The number of ether oxygens (including phenoxy) is 2.